The summed E-state index contributed by atoms with van der Waals surface area (Å²) in [5.74, 6) is -1.20. The van der Waals surface area contributed by atoms with Crippen LogP contribution in [0.15, 0.2) is 12.4 Å². The Kier molecular flexibility index (Phi) is 3.35. The maximum atomic E-state index is 12.4. The summed E-state index contributed by atoms with van der Waals surface area (Å²) in [6.07, 6.45) is 3.20. The minimum atomic E-state index is -1.20. The summed E-state index contributed by atoms with van der Waals surface area (Å²) in [5.41, 5.74) is 0.645. The van der Waals surface area contributed by atoms with Crippen LogP contribution in [0.25, 0.3) is 11.3 Å². The van der Waals surface area contributed by atoms with Crippen LogP contribution in [0.3, 0.4) is 0 Å². The third kappa shape index (κ3) is 2.08. The summed E-state index contributed by atoms with van der Waals surface area (Å²) in [7, 11) is 0. The Labute approximate surface area is 102 Å². The van der Waals surface area contributed by atoms with Crippen molar-refractivity contribution in [3.05, 3.63) is 18.1 Å². The second-order valence-electron chi connectivity index (χ2n) is 3.59. The highest BCUT2D eigenvalue weighted by Crippen LogP contribution is 2.21. The minimum Gasteiger partial charge on any atom is -0.476 e. The molecule has 2 heterocycles. The molecule has 0 fully saturated rings. The van der Waals surface area contributed by atoms with Gasteiger partial charge < -0.3 is 5.11 Å². The van der Waals surface area contributed by atoms with E-state index in [9.17, 15) is 9.18 Å². The molecule has 0 unspecified atom stereocenters. The van der Waals surface area contributed by atoms with Crippen molar-refractivity contribution in [3.8, 4) is 11.3 Å². The number of nitrogens with zero attached hydrogens (tertiary/aromatic N) is 5. The van der Waals surface area contributed by atoms with Crippen molar-refractivity contribution in [1.29, 1.82) is 0 Å². The third-order valence-electron chi connectivity index (χ3n) is 2.46. The number of aromatic nitrogens is 5. The van der Waals surface area contributed by atoms with Gasteiger partial charge in [0.25, 0.3) is 0 Å². The van der Waals surface area contributed by atoms with Gasteiger partial charge in [-0.25, -0.2) is 13.9 Å². The van der Waals surface area contributed by atoms with Crippen molar-refractivity contribution in [2.75, 3.05) is 6.67 Å². The lowest BCUT2D eigenvalue weighted by molar-refractivity contribution is 0.0691. The van der Waals surface area contributed by atoms with E-state index in [2.05, 4.69) is 15.4 Å². The van der Waals surface area contributed by atoms with Gasteiger partial charge in [-0.1, -0.05) is 5.21 Å². The van der Waals surface area contributed by atoms with E-state index in [0.29, 0.717) is 12.1 Å². The second kappa shape index (κ2) is 4.94. The minimum absolute atomic E-state index is 0.0348. The Morgan fingerprint density at radius 3 is 2.89 bits per heavy atom. The molecule has 0 atom stereocenters. The Balaban J connectivity index is 2.51. The first kappa shape index (κ1) is 12.2. The van der Waals surface area contributed by atoms with Gasteiger partial charge in [0.2, 0.25) is 0 Å². The molecule has 0 aliphatic rings. The van der Waals surface area contributed by atoms with E-state index < -0.39 is 12.6 Å². The summed E-state index contributed by atoms with van der Waals surface area (Å²) < 4.78 is 15.3. The van der Waals surface area contributed by atoms with Gasteiger partial charge >= 0.3 is 5.97 Å². The summed E-state index contributed by atoms with van der Waals surface area (Å²) in [4.78, 5) is 11.1. The zero-order valence-corrected chi connectivity index (χ0v) is 9.75. The van der Waals surface area contributed by atoms with E-state index in [1.807, 2.05) is 6.92 Å². The molecule has 0 amide bonds. The van der Waals surface area contributed by atoms with Crippen LogP contribution in [0.2, 0.25) is 0 Å². The molecule has 0 radical (unpaired) electrons. The highest BCUT2D eigenvalue weighted by atomic mass is 19.1. The number of carboxylic acids is 1. The van der Waals surface area contributed by atoms with Crippen LogP contribution in [-0.4, -0.2) is 42.5 Å². The first-order valence-corrected chi connectivity index (χ1v) is 5.43. The van der Waals surface area contributed by atoms with Crippen LogP contribution in [-0.2, 0) is 13.1 Å². The largest absolute Gasteiger partial charge is 0.476 e. The molecule has 7 nitrogen and oxygen atoms in total. The van der Waals surface area contributed by atoms with E-state index in [1.54, 1.807) is 10.9 Å². The second-order valence-corrected chi connectivity index (χ2v) is 3.59. The van der Waals surface area contributed by atoms with Gasteiger partial charge in [-0.15, -0.1) is 5.10 Å². The van der Waals surface area contributed by atoms with Crippen LogP contribution in [0.1, 0.15) is 17.4 Å². The molecule has 0 aromatic carbocycles. The monoisotopic (exact) mass is 253 g/mol. The van der Waals surface area contributed by atoms with E-state index in [1.165, 1.54) is 10.9 Å². The van der Waals surface area contributed by atoms with E-state index >= 15 is 0 Å². The number of hydrogen-bond acceptors (Lipinski definition) is 4. The molecule has 18 heavy (non-hydrogen) atoms. The standard InChI is InChI=1S/C10H12FN5O2/c1-2-15-6-7(5-12-15)9-8(10(17)18)13-14-16(9)4-3-11/h5-6H,2-4H2,1H3,(H,17,18). The van der Waals surface area contributed by atoms with Crippen molar-refractivity contribution >= 4 is 5.97 Å². The van der Waals surface area contributed by atoms with Gasteiger partial charge in [0.05, 0.1) is 12.7 Å². The van der Waals surface area contributed by atoms with Crippen molar-refractivity contribution in [2.45, 2.75) is 20.0 Å². The predicted molar refractivity (Wildman–Crippen MR) is 59.9 cm³/mol. The summed E-state index contributed by atoms with van der Waals surface area (Å²) in [6.45, 7) is 1.89. The van der Waals surface area contributed by atoms with Crippen LogP contribution >= 0.6 is 0 Å². The van der Waals surface area contributed by atoms with Crippen molar-refractivity contribution in [1.82, 2.24) is 24.8 Å². The van der Waals surface area contributed by atoms with Crippen LogP contribution in [0.5, 0.6) is 0 Å². The van der Waals surface area contributed by atoms with Gasteiger partial charge in [-0.2, -0.15) is 5.10 Å². The molecule has 8 heteroatoms. The molecule has 0 aliphatic carbocycles. The Morgan fingerprint density at radius 1 is 1.56 bits per heavy atom. The van der Waals surface area contributed by atoms with Crippen molar-refractivity contribution < 1.29 is 14.3 Å². The summed E-state index contributed by atoms with van der Waals surface area (Å²) >= 11 is 0. The summed E-state index contributed by atoms with van der Waals surface area (Å²) in [6, 6.07) is 0. The fourth-order valence-corrected chi connectivity index (χ4v) is 1.64. The SMILES string of the molecule is CCn1cc(-c2c(C(=O)O)nnn2CCF)cn1. The molecule has 96 valence electrons. The van der Waals surface area contributed by atoms with Crippen LogP contribution < -0.4 is 0 Å². The normalized spacial score (nSPS) is 10.8. The number of carboxylic acid groups (broad SMARTS) is 1. The predicted octanol–water partition coefficient (Wildman–Crippen LogP) is 0.829. The average Bonchev–Trinajstić information content (AvgIpc) is 2.94. The molecule has 0 saturated heterocycles. The van der Waals surface area contributed by atoms with Crippen molar-refractivity contribution in [2.24, 2.45) is 0 Å². The van der Waals surface area contributed by atoms with E-state index in [0.717, 1.165) is 0 Å². The lowest BCUT2D eigenvalue weighted by Gasteiger charge is -2.02. The number of rotatable bonds is 5. The van der Waals surface area contributed by atoms with Crippen molar-refractivity contribution in [3.63, 3.8) is 0 Å². The topological polar surface area (TPSA) is 85.8 Å². The smallest absolute Gasteiger partial charge is 0.358 e. The fourth-order valence-electron chi connectivity index (χ4n) is 1.64. The number of aromatic carboxylic acids is 1. The molecule has 2 aromatic rings. The molecule has 0 spiro atoms. The van der Waals surface area contributed by atoms with Crippen LogP contribution in [0, 0.1) is 0 Å². The quantitative estimate of drug-likeness (QED) is 0.852. The number of halogens is 1. The molecule has 0 bridgehead atoms. The van der Waals surface area contributed by atoms with Gasteiger partial charge in [0, 0.05) is 18.3 Å². The van der Waals surface area contributed by atoms with Gasteiger partial charge in [-0.05, 0) is 6.92 Å². The number of carbonyl (C=O) groups is 1. The maximum absolute atomic E-state index is 12.4. The molecule has 0 saturated carbocycles. The van der Waals surface area contributed by atoms with Gasteiger partial charge in [0.1, 0.15) is 12.4 Å². The number of alkyl halides is 1. The Morgan fingerprint density at radius 2 is 2.33 bits per heavy atom. The van der Waals surface area contributed by atoms with Crippen LogP contribution in [0.4, 0.5) is 4.39 Å². The van der Waals surface area contributed by atoms with Gasteiger partial charge in [-0.3, -0.25) is 4.68 Å². The first-order chi connectivity index (χ1) is 8.67. The highest BCUT2D eigenvalue weighted by molar-refractivity contribution is 5.92. The molecule has 2 rings (SSSR count). The number of hydrogen-bond donors (Lipinski definition) is 1. The molecular weight excluding hydrogens is 241 g/mol. The molecule has 1 N–H and O–H groups in total. The fraction of sp³-hybridized carbons (Fsp3) is 0.400. The zero-order chi connectivity index (χ0) is 13.1. The molecule has 0 aliphatic heterocycles. The zero-order valence-electron chi connectivity index (χ0n) is 9.75. The first-order valence-electron chi connectivity index (χ1n) is 5.43. The lowest BCUT2D eigenvalue weighted by Crippen LogP contribution is -2.06. The average molecular weight is 253 g/mol. The lowest BCUT2D eigenvalue weighted by atomic mass is 10.2. The molecular formula is C10H12FN5O2. The van der Waals surface area contributed by atoms with E-state index in [-0.39, 0.29) is 17.9 Å². The number of aryl methyl sites for hydroxylation is 2. The Bertz CT molecular complexity index is 562. The summed E-state index contributed by atoms with van der Waals surface area (Å²) in [5, 5.41) is 20.3. The van der Waals surface area contributed by atoms with E-state index in [4.69, 9.17) is 5.11 Å². The molecule has 2 aromatic heterocycles. The maximum Gasteiger partial charge on any atom is 0.358 e. The third-order valence-corrected chi connectivity index (χ3v) is 2.46. The highest BCUT2D eigenvalue weighted by Gasteiger charge is 2.21. The Hall–Kier alpha value is -2.25. The van der Waals surface area contributed by atoms with Gasteiger partial charge in [0.15, 0.2) is 5.69 Å².